The Bertz CT molecular complexity index is 244. The molecule has 0 heterocycles. The molecule has 0 saturated carbocycles. The highest BCUT2D eigenvalue weighted by Gasteiger charge is 1.97. The van der Waals surface area contributed by atoms with Gasteiger partial charge in [0, 0.05) is 0 Å². The molecule has 0 nitrogen and oxygen atoms in total. The van der Waals surface area contributed by atoms with E-state index < -0.39 is 15.6 Å². The Hall–Kier alpha value is -0.963. The Kier molecular flexibility index (Phi) is 3.67. The predicted octanol–water partition coefficient (Wildman–Crippen LogP) is 2.05. The first kappa shape index (κ1) is 9.13. The second kappa shape index (κ2) is 4.82. The van der Waals surface area contributed by atoms with Crippen LogP contribution >= 0.6 is 0 Å². The maximum absolute atomic E-state index is 11.7. The number of rotatable bonds is 3. The van der Waals surface area contributed by atoms with E-state index in [-0.39, 0.29) is 0 Å². The molecule has 0 N–H and O–H groups in total. The summed E-state index contributed by atoms with van der Waals surface area (Å²) in [6.45, 7) is 0. The van der Waals surface area contributed by atoms with Crippen LogP contribution in [-0.4, -0.2) is 15.6 Å². The number of hydrogen-bond acceptors (Lipinski definition) is 0. The summed E-state index contributed by atoms with van der Waals surface area (Å²) in [5.41, 5.74) is 2.62. The molecule has 1 aromatic carbocycles. The second-order valence-corrected chi connectivity index (χ2v) is 4.00. The molecule has 0 aliphatic heterocycles. The zero-order chi connectivity index (χ0) is 8.81. The maximum Gasteiger partial charge on any atom is 0.218 e. The van der Waals surface area contributed by atoms with Crippen molar-refractivity contribution < 1.29 is 8.78 Å². The molecule has 0 amide bonds. The van der Waals surface area contributed by atoms with Crippen LogP contribution in [0.15, 0.2) is 36.0 Å². The average Bonchev–Trinajstić information content (AvgIpc) is 2.05. The summed E-state index contributed by atoms with van der Waals surface area (Å²) in [6.07, 6.45) is 1.76. The Labute approximate surface area is 72.7 Å². The van der Waals surface area contributed by atoms with E-state index in [0.717, 1.165) is 5.56 Å². The normalized spacial score (nSPS) is 12.2. The van der Waals surface area contributed by atoms with Gasteiger partial charge in [0.25, 0.3) is 0 Å². The quantitative estimate of drug-likeness (QED) is 0.631. The van der Waals surface area contributed by atoms with Gasteiger partial charge in [-0.3, -0.25) is 0 Å². The lowest BCUT2D eigenvalue weighted by Gasteiger charge is -1.91. The van der Waals surface area contributed by atoms with Gasteiger partial charge in [-0.05, 0) is 5.56 Å². The summed E-state index contributed by atoms with van der Waals surface area (Å²) in [5, 5.41) is 0. The van der Waals surface area contributed by atoms with Gasteiger partial charge in [-0.25, -0.2) is 8.78 Å². The van der Waals surface area contributed by atoms with E-state index in [9.17, 15) is 8.78 Å². The molecule has 0 aliphatic rings. The predicted molar refractivity (Wildman–Crippen MR) is 50.0 cm³/mol. The zero-order valence-electron chi connectivity index (χ0n) is 6.58. The van der Waals surface area contributed by atoms with Crippen LogP contribution in [0.2, 0.25) is 0 Å². The standard InChI is InChI=1S/C9H10F2Si/c10-9(11)12-7-6-8-4-2-1-3-5-8/h1-7,9H,12H2/b7-6+. The lowest BCUT2D eigenvalue weighted by Crippen LogP contribution is -1.99. The molecule has 0 unspecified atom stereocenters. The van der Waals surface area contributed by atoms with Gasteiger partial charge in [0.15, 0.2) is 0 Å². The monoisotopic (exact) mass is 184 g/mol. The van der Waals surface area contributed by atoms with E-state index in [1.54, 1.807) is 11.8 Å². The van der Waals surface area contributed by atoms with Crippen LogP contribution in [0.4, 0.5) is 8.78 Å². The van der Waals surface area contributed by atoms with Crippen LogP contribution in [0.25, 0.3) is 6.08 Å². The molecule has 3 heteroatoms. The minimum absolute atomic E-state index is 0.991. The van der Waals surface area contributed by atoms with Gasteiger partial charge in [0.1, 0.15) is 9.52 Å². The molecular weight excluding hydrogens is 174 g/mol. The summed E-state index contributed by atoms with van der Waals surface area (Å²) in [4.78, 5) is 0. The highest BCUT2D eigenvalue weighted by molar-refractivity contribution is 6.44. The summed E-state index contributed by atoms with van der Waals surface area (Å²) in [7, 11) is -1.31. The minimum Gasteiger partial charge on any atom is -0.216 e. The van der Waals surface area contributed by atoms with Gasteiger partial charge >= 0.3 is 0 Å². The van der Waals surface area contributed by atoms with Crippen LogP contribution < -0.4 is 0 Å². The number of halogens is 2. The zero-order valence-corrected chi connectivity index (χ0v) is 8.00. The van der Waals surface area contributed by atoms with Gasteiger partial charge in [0.05, 0.1) is 0 Å². The first-order chi connectivity index (χ1) is 5.79. The fourth-order valence-electron chi connectivity index (χ4n) is 0.871. The van der Waals surface area contributed by atoms with Gasteiger partial charge in [-0.1, -0.05) is 42.1 Å². The summed E-state index contributed by atoms with van der Waals surface area (Å²) < 4.78 is 23.5. The van der Waals surface area contributed by atoms with Crippen molar-refractivity contribution in [1.82, 2.24) is 0 Å². The highest BCUT2D eigenvalue weighted by atomic mass is 28.2. The van der Waals surface area contributed by atoms with E-state index in [0.29, 0.717) is 0 Å². The molecule has 1 rings (SSSR count). The Morgan fingerprint density at radius 3 is 2.42 bits per heavy atom. The Balaban J connectivity index is 2.47. The van der Waals surface area contributed by atoms with E-state index in [1.807, 2.05) is 30.3 Å². The lowest BCUT2D eigenvalue weighted by molar-refractivity contribution is 0.239. The molecule has 64 valence electrons. The number of benzene rings is 1. The van der Waals surface area contributed by atoms with Crippen molar-refractivity contribution in [3.05, 3.63) is 41.6 Å². The summed E-state index contributed by atoms with van der Waals surface area (Å²) >= 11 is 0. The summed E-state index contributed by atoms with van der Waals surface area (Å²) in [6, 6.07) is 7.38. The Morgan fingerprint density at radius 1 is 1.17 bits per heavy atom. The van der Waals surface area contributed by atoms with E-state index in [1.165, 1.54) is 0 Å². The molecule has 1 aromatic rings. The first-order valence-electron chi connectivity index (χ1n) is 3.79. The fraction of sp³-hybridized carbons (Fsp3) is 0.111. The van der Waals surface area contributed by atoms with Crippen molar-refractivity contribution in [2.24, 2.45) is 0 Å². The van der Waals surface area contributed by atoms with E-state index in [2.05, 4.69) is 0 Å². The maximum atomic E-state index is 11.7. The van der Waals surface area contributed by atoms with Crippen molar-refractivity contribution in [2.75, 3.05) is 0 Å². The van der Waals surface area contributed by atoms with Crippen LogP contribution in [0.3, 0.4) is 0 Å². The van der Waals surface area contributed by atoms with Crippen LogP contribution in [-0.2, 0) is 0 Å². The van der Waals surface area contributed by atoms with Crippen LogP contribution in [0.1, 0.15) is 5.56 Å². The molecule has 0 aromatic heterocycles. The highest BCUT2D eigenvalue weighted by Crippen LogP contribution is 2.00. The average molecular weight is 184 g/mol. The molecule has 0 aliphatic carbocycles. The largest absolute Gasteiger partial charge is 0.218 e. The van der Waals surface area contributed by atoms with Crippen molar-refractivity contribution in [1.29, 1.82) is 0 Å². The second-order valence-electron chi connectivity index (χ2n) is 2.44. The third-order valence-corrected chi connectivity index (χ3v) is 2.29. The van der Waals surface area contributed by atoms with Crippen molar-refractivity contribution >= 4 is 15.6 Å². The van der Waals surface area contributed by atoms with Crippen LogP contribution in [0, 0.1) is 0 Å². The molecule has 0 spiro atoms. The molecule has 0 atom stereocenters. The third kappa shape index (κ3) is 3.43. The van der Waals surface area contributed by atoms with Gasteiger partial charge in [-0.15, -0.1) is 0 Å². The minimum atomic E-state index is -2.11. The molecule has 0 bridgehead atoms. The molecule has 12 heavy (non-hydrogen) atoms. The first-order valence-corrected chi connectivity index (χ1v) is 5.42. The number of alkyl halides is 2. The van der Waals surface area contributed by atoms with Crippen molar-refractivity contribution in [2.45, 2.75) is 6.05 Å². The topological polar surface area (TPSA) is 0 Å². The van der Waals surface area contributed by atoms with Gasteiger partial charge < -0.3 is 0 Å². The van der Waals surface area contributed by atoms with Crippen molar-refractivity contribution in [3.63, 3.8) is 0 Å². The van der Waals surface area contributed by atoms with Gasteiger partial charge in [-0.2, -0.15) is 0 Å². The summed E-state index contributed by atoms with van der Waals surface area (Å²) in [5.74, 6) is 0. The molecule has 0 fully saturated rings. The molecular formula is C9H10F2Si. The van der Waals surface area contributed by atoms with Crippen molar-refractivity contribution in [3.8, 4) is 0 Å². The van der Waals surface area contributed by atoms with E-state index in [4.69, 9.17) is 0 Å². The fourth-order valence-corrected chi connectivity index (χ4v) is 1.49. The van der Waals surface area contributed by atoms with Crippen LogP contribution in [0.5, 0.6) is 0 Å². The smallest absolute Gasteiger partial charge is 0.216 e. The lowest BCUT2D eigenvalue weighted by atomic mass is 10.2. The third-order valence-electron chi connectivity index (χ3n) is 1.42. The molecule has 0 radical (unpaired) electrons. The number of hydrogen-bond donors (Lipinski definition) is 0. The Morgan fingerprint density at radius 2 is 1.83 bits per heavy atom. The van der Waals surface area contributed by atoms with Gasteiger partial charge in [0.2, 0.25) is 6.05 Å². The van der Waals surface area contributed by atoms with E-state index >= 15 is 0 Å². The SMILES string of the molecule is FC(F)[SiH2]/C=C/c1ccccc1. The molecule has 0 saturated heterocycles.